The van der Waals surface area contributed by atoms with Gasteiger partial charge in [-0.25, -0.2) is 4.79 Å². The molecule has 5 nitrogen and oxygen atoms in total. The number of esters is 1. The van der Waals surface area contributed by atoms with Crippen LogP contribution in [-0.4, -0.2) is 35.6 Å². The second kappa shape index (κ2) is 7.87. The van der Waals surface area contributed by atoms with E-state index in [2.05, 4.69) is 12.0 Å². The first-order chi connectivity index (χ1) is 8.70. The Balaban J connectivity index is 2.52. The molecule has 1 aromatic rings. The maximum absolute atomic E-state index is 11.8. The molecular formula is C13H22N2O3. The number of aromatic nitrogens is 2. The van der Waals surface area contributed by atoms with E-state index in [0.717, 1.165) is 25.0 Å². The Hall–Kier alpha value is -1.36. The van der Waals surface area contributed by atoms with Crippen LogP contribution < -0.4 is 0 Å². The van der Waals surface area contributed by atoms with Gasteiger partial charge >= 0.3 is 5.97 Å². The summed E-state index contributed by atoms with van der Waals surface area (Å²) in [5, 5.41) is 4.17. The second-order valence-electron chi connectivity index (χ2n) is 4.09. The first-order valence-corrected chi connectivity index (χ1v) is 6.48. The minimum absolute atomic E-state index is 0.318. The fourth-order valence-corrected chi connectivity index (χ4v) is 1.61. The quantitative estimate of drug-likeness (QED) is 0.527. The molecule has 5 heteroatoms. The van der Waals surface area contributed by atoms with Crippen molar-refractivity contribution in [2.75, 3.05) is 19.8 Å². The van der Waals surface area contributed by atoms with E-state index in [0.29, 0.717) is 25.5 Å². The van der Waals surface area contributed by atoms with Gasteiger partial charge in [-0.1, -0.05) is 13.3 Å². The average molecular weight is 254 g/mol. The van der Waals surface area contributed by atoms with Gasteiger partial charge in [-0.15, -0.1) is 0 Å². The van der Waals surface area contributed by atoms with Gasteiger partial charge in [0.1, 0.15) is 5.69 Å². The molecule has 0 aliphatic carbocycles. The van der Waals surface area contributed by atoms with Crippen LogP contribution in [0.5, 0.6) is 0 Å². The topological polar surface area (TPSA) is 53.4 Å². The third-order valence-electron chi connectivity index (χ3n) is 2.58. The van der Waals surface area contributed by atoms with Gasteiger partial charge in [0.25, 0.3) is 0 Å². The zero-order valence-corrected chi connectivity index (χ0v) is 11.4. The van der Waals surface area contributed by atoms with E-state index < -0.39 is 0 Å². The molecule has 1 aromatic heterocycles. The molecule has 1 rings (SSSR count). The van der Waals surface area contributed by atoms with E-state index in [-0.39, 0.29) is 5.97 Å². The van der Waals surface area contributed by atoms with Crippen LogP contribution in [0.3, 0.4) is 0 Å². The largest absolute Gasteiger partial charge is 0.461 e. The Labute approximate surface area is 108 Å². The molecule has 0 aliphatic heterocycles. The number of aryl methyl sites for hydroxylation is 1. The van der Waals surface area contributed by atoms with Crippen LogP contribution in [0.2, 0.25) is 0 Å². The summed E-state index contributed by atoms with van der Waals surface area (Å²) in [5.74, 6) is -0.318. The van der Waals surface area contributed by atoms with E-state index in [1.807, 2.05) is 6.92 Å². The predicted molar refractivity (Wildman–Crippen MR) is 68.6 cm³/mol. The normalized spacial score (nSPS) is 10.6. The molecule has 0 unspecified atom stereocenters. The molecule has 18 heavy (non-hydrogen) atoms. The fraction of sp³-hybridized carbons (Fsp3) is 0.692. The lowest BCUT2D eigenvalue weighted by atomic mass is 10.3. The molecule has 0 aromatic carbocycles. The lowest BCUT2D eigenvalue weighted by Gasteiger charge is -2.08. The molecule has 0 N–H and O–H groups in total. The van der Waals surface area contributed by atoms with Gasteiger partial charge < -0.3 is 9.47 Å². The van der Waals surface area contributed by atoms with Crippen LogP contribution in [-0.2, 0) is 16.0 Å². The van der Waals surface area contributed by atoms with Crippen LogP contribution in [0.25, 0.3) is 0 Å². The van der Waals surface area contributed by atoms with E-state index in [1.54, 1.807) is 17.8 Å². The molecule has 0 amide bonds. The minimum Gasteiger partial charge on any atom is -0.461 e. The Morgan fingerprint density at radius 2 is 2.17 bits per heavy atom. The molecule has 0 saturated heterocycles. The number of carbonyl (C=O) groups is 1. The Morgan fingerprint density at radius 3 is 2.83 bits per heavy atom. The van der Waals surface area contributed by atoms with Crippen molar-refractivity contribution in [2.24, 2.45) is 0 Å². The molecule has 0 bridgehead atoms. The van der Waals surface area contributed by atoms with Crippen molar-refractivity contribution in [3.8, 4) is 0 Å². The number of nitrogens with zero attached hydrogens (tertiary/aromatic N) is 2. The summed E-state index contributed by atoms with van der Waals surface area (Å²) >= 11 is 0. The van der Waals surface area contributed by atoms with Gasteiger partial charge in [0.15, 0.2) is 0 Å². The highest BCUT2D eigenvalue weighted by molar-refractivity contribution is 5.89. The number of carbonyl (C=O) groups excluding carboxylic acids is 1. The van der Waals surface area contributed by atoms with Crippen LogP contribution in [0, 0.1) is 6.92 Å². The molecule has 0 aliphatic rings. The molecule has 102 valence electrons. The van der Waals surface area contributed by atoms with Crippen LogP contribution >= 0.6 is 0 Å². The third-order valence-corrected chi connectivity index (χ3v) is 2.58. The van der Waals surface area contributed by atoms with Crippen LogP contribution in [0.15, 0.2) is 6.20 Å². The standard InChI is InChI=1S/C13H22N2O3/c1-4-6-8-17-9-7-15-12(11(3)10-14-15)13(16)18-5-2/h10H,4-9H2,1-3H3. The minimum atomic E-state index is -0.318. The van der Waals surface area contributed by atoms with Crippen molar-refractivity contribution in [1.29, 1.82) is 0 Å². The second-order valence-corrected chi connectivity index (χ2v) is 4.09. The first-order valence-electron chi connectivity index (χ1n) is 6.48. The van der Waals surface area contributed by atoms with Crippen molar-refractivity contribution in [2.45, 2.75) is 40.2 Å². The summed E-state index contributed by atoms with van der Waals surface area (Å²) in [6.45, 7) is 8.04. The number of unbranched alkanes of at least 4 members (excludes halogenated alkanes) is 1. The van der Waals surface area contributed by atoms with Crippen LogP contribution in [0.1, 0.15) is 42.7 Å². The molecule has 0 spiro atoms. The van der Waals surface area contributed by atoms with Gasteiger partial charge in [-0.05, 0) is 20.3 Å². The number of ether oxygens (including phenoxy) is 2. The number of hydrogen-bond donors (Lipinski definition) is 0. The molecule has 0 atom stereocenters. The summed E-state index contributed by atoms with van der Waals surface area (Å²) < 4.78 is 12.1. The highest BCUT2D eigenvalue weighted by Gasteiger charge is 2.16. The van der Waals surface area contributed by atoms with E-state index in [4.69, 9.17) is 9.47 Å². The van der Waals surface area contributed by atoms with Crippen molar-refractivity contribution >= 4 is 5.97 Å². The highest BCUT2D eigenvalue weighted by atomic mass is 16.5. The predicted octanol–water partition coefficient (Wildman–Crippen LogP) is 2.18. The monoisotopic (exact) mass is 254 g/mol. The number of hydrogen-bond acceptors (Lipinski definition) is 4. The van der Waals surface area contributed by atoms with E-state index >= 15 is 0 Å². The van der Waals surface area contributed by atoms with Crippen molar-refractivity contribution in [3.63, 3.8) is 0 Å². The highest BCUT2D eigenvalue weighted by Crippen LogP contribution is 2.09. The van der Waals surface area contributed by atoms with Gasteiger partial charge in [-0.3, -0.25) is 4.68 Å². The molecule has 0 fully saturated rings. The van der Waals surface area contributed by atoms with E-state index in [1.165, 1.54) is 0 Å². The Morgan fingerprint density at radius 1 is 1.39 bits per heavy atom. The third kappa shape index (κ3) is 4.14. The van der Waals surface area contributed by atoms with Crippen molar-refractivity contribution in [3.05, 3.63) is 17.5 Å². The SMILES string of the molecule is CCCCOCCn1ncc(C)c1C(=O)OCC. The summed E-state index contributed by atoms with van der Waals surface area (Å²) in [7, 11) is 0. The summed E-state index contributed by atoms with van der Waals surface area (Å²) in [5.41, 5.74) is 1.36. The van der Waals surface area contributed by atoms with Crippen molar-refractivity contribution in [1.82, 2.24) is 9.78 Å². The molecule has 0 saturated carbocycles. The van der Waals surface area contributed by atoms with Crippen LogP contribution in [0.4, 0.5) is 0 Å². The zero-order valence-electron chi connectivity index (χ0n) is 11.4. The zero-order chi connectivity index (χ0) is 13.4. The lowest BCUT2D eigenvalue weighted by molar-refractivity contribution is 0.0506. The number of rotatable bonds is 8. The average Bonchev–Trinajstić information content (AvgIpc) is 2.71. The molecule has 1 heterocycles. The van der Waals surface area contributed by atoms with Gasteiger partial charge in [0.2, 0.25) is 0 Å². The summed E-state index contributed by atoms with van der Waals surface area (Å²) in [4.78, 5) is 11.8. The Bertz CT molecular complexity index is 374. The van der Waals surface area contributed by atoms with Gasteiger partial charge in [-0.2, -0.15) is 5.10 Å². The fourth-order valence-electron chi connectivity index (χ4n) is 1.61. The molecular weight excluding hydrogens is 232 g/mol. The lowest BCUT2D eigenvalue weighted by Crippen LogP contribution is -2.17. The van der Waals surface area contributed by atoms with Gasteiger partial charge in [0.05, 0.1) is 26.0 Å². The van der Waals surface area contributed by atoms with Gasteiger partial charge in [0, 0.05) is 12.2 Å². The van der Waals surface area contributed by atoms with Crippen molar-refractivity contribution < 1.29 is 14.3 Å². The maximum atomic E-state index is 11.8. The summed E-state index contributed by atoms with van der Waals surface area (Å²) in [6.07, 6.45) is 3.86. The molecule has 0 radical (unpaired) electrons. The summed E-state index contributed by atoms with van der Waals surface area (Å²) in [6, 6.07) is 0. The smallest absolute Gasteiger partial charge is 0.356 e. The first kappa shape index (κ1) is 14.7. The van der Waals surface area contributed by atoms with E-state index in [9.17, 15) is 4.79 Å². The maximum Gasteiger partial charge on any atom is 0.356 e. The Kier molecular flexibility index (Phi) is 6.43.